The summed E-state index contributed by atoms with van der Waals surface area (Å²) < 4.78 is 6.97. The summed E-state index contributed by atoms with van der Waals surface area (Å²) in [7, 11) is 0. The van der Waals surface area contributed by atoms with Crippen LogP contribution in [0.5, 0.6) is 0 Å². The van der Waals surface area contributed by atoms with Crippen molar-refractivity contribution in [2.75, 3.05) is 0 Å². The molecular formula is C16H14N6OS. The molecule has 4 heterocycles. The lowest BCUT2D eigenvalue weighted by molar-refractivity contribution is 0.392. The van der Waals surface area contributed by atoms with Crippen molar-refractivity contribution in [3.63, 3.8) is 0 Å². The monoisotopic (exact) mass is 338 g/mol. The van der Waals surface area contributed by atoms with Crippen LogP contribution in [-0.2, 0) is 5.75 Å². The molecule has 0 bridgehead atoms. The van der Waals surface area contributed by atoms with E-state index in [1.807, 2.05) is 32.0 Å². The van der Waals surface area contributed by atoms with Crippen molar-refractivity contribution in [3.8, 4) is 11.3 Å². The van der Waals surface area contributed by atoms with Gasteiger partial charge in [0.05, 0.1) is 11.4 Å². The molecule has 4 aromatic rings. The maximum absolute atomic E-state index is 5.23. The molecule has 8 heteroatoms. The second-order valence-corrected chi connectivity index (χ2v) is 6.28. The Hall–Kier alpha value is -2.74. The van der Waals surface area contributed by atoms with Gasteiger partial charge in [-0.15, -0.1) is 11.8 Å². The molecule has 0 amide bonds. The van der Waals surface area contributed by atoms with Gasteiger partial charge in [0.25, 0.3) is 5.78 Å². The predicted molar refractivity (Wildman–Crippen MR) is 89.6 cm³/mol. The zero-order valence-electron chi connectivity index (χ0n) is 13.2. The molecule has 7 nitrogen and oxygen atoms in total. The van der Waals surface area contributed by atoms with E-state index in [0.29, 0.717) is 5.78 Å². The molecule has 0 unspecified atom stereocenters. The Kier molecular flexibility index (Phi) is 3.73. The van der Waals surface area contributed by atoms with Gasteiger partial charge in [-0.1, -0.05) is 5.16 Å². The van der Waals surface area contributed by atoms with Crippen molar-refractivity contribution in [1.29, 1.82) is 0 Å². The molecule has 4 aromatic heterocycles. The second kappa shape index (κ2) is 6.04. The highest BCUT2D eigenvalue weighted by atomic mass is 32.2. The third-order valence-electron chi connectivity index (χ3n) is 3.72. The van der Waals surface area contributed by atoms with Crippen LogP contribution in [0.25, 0.3) is 17.0 Å². The van der Waals surface area contributed by atoms with Crippen molar-refractivity contribution >= 4 is 17.5 Å². The zero-order chi connectivity index (χ0) is 16.5. The van der Waals surface area contributed by atoms with Gasteiger partial charge < -0.3 is 4.52 Å². The second-order valence-electron chi connectivity index (χ2n) is 5.28. The van der Waals surface area contributed by atoms with Crippen LogP contribution in [0, 0.1) is 13.8 Å². The maximum atomic E-state index is 5.23. The molecule has 120 valence electrons. The quantitative estimate of drug-likeness (QED) is 0.418. The molecule has 0 spiro atoms. The molecule has 0 saturated heterocycles. The summed E-state index contributed by atoms with van der Waals surface area (Å²) >= 11 is 1.65. The number of aromatic nitrogens is 6. The van der Waals surface area contributed by atoms with E-state index in [0.717, 1.165) is 39.1 Å². The standard InChI is InChI=1S/C16H14N6OS/c1-10-13(11(2)23-21-10)8-24-15-6-14(12-4-3-5-17-7-12)20-16-18-9-19-22(15)16/h3-7,9H,8H2,1-2H3. The molecule has 0 aliphatic carbocycles. The van der Waals surface area contributed by atoms with Crippen LogP contribution in [0.4, 0.5) is 0 Å². The number of hydrogen-bond acceptors (Lipinski definition) is 7. The van der Waals surface area contributed by atoms with Gasteiger partial charge in [0, 0.05) is 29.3 Å². The molecule has 0 N–H and O–H groups in total. The summed E-state index contributed by atoms with van der Waals surface area (Å²) in [4.78, 5) is 12.9. The van der Waals surface area contributed by atoms with Crippen LogP contribution in [0.2, 0.25) is 0 Å². The van der Waals surface area contributed by atoms with Gasteiger partial charge in [0.1, 0.15) is 17.1 Å². The molecule has 0 aromatic carbocycles. The SMILES string of the molecule is Cc1noc(C)c1CSc1cc(-c2cccnc2)nc2ncnn12. The molecular weight excluding hydrogens is 324 g/mol. The number of pyridine rings is 1. The Bertz CT molecular complexity index is 975. The van der Waals surface area contributed by atoms with E-state index in [-0.39, 0.29) is 0 Å². The summed E-state index contributed by atoms with van der Waals surface area (Å²) in [5.41, 5.74) is 3.79. The van der Waals surface area contributed by atoms with Crippen LogP contribution < -0.4 is 0 Å². The van der Waals surface area contributed by atoms with E-state index in [1.165, 1.54) is 6.33 Å². The lowest BCUT2D eigenvalue weighted by Gasteiger charge is -2.07. The highest BCUT2D eigenvalue weighted by molar-refractivity contribution is 7.98. The average molecular weight is 338 g/mol. The third kappa shape index (κ3) is 2.65. The molecule has 0 aliphatic rings. The van der Waals surface area contributed by atoms with Gasteiger partial charge in [-0.3, -0.25) is 4.98 Å². The molecule has 4 rings (SSSR count). The summed E-state index contributed by atoms with van der Waals surface area (Å²) in [6, 6.07) is 5.87. The number of hydrogen-bond donors (Lipinski definition) is 0. The van der Waals surface area contributed by atoms with Crippen LogP contribution in [-0.4, -0.2) is 29.7 Å². The van der Waals surface area contributed by atoms with E-state index >= 15 is 0 Å². The fourth-order valence-corrected chi connectivity index (χ4v) is 3.55. The van der Waals surface area contributed by atoms with Gasteiger partial charge in [0.15, 0.2) is 0 Å². The summed E-state index contributed by atoms with van der Waals surface area (Å²) in [5.74, 6) is 2.15. The molecule has 0 radical (unpaired) electrons. The number of fused-ring (bicyclic) bond motifs is 1. The molecule has 0 fully saturated rings. The van der Waals surface area contributed by atoms with Gasteiger partial charge >= 0.3 is 0 Å². The fourth-order valence-electron chi connectivity index (χ4n) is 2.40. The topological polar surface area (TPSA) is 82.0 Å². The van der Waals surface area contributed by atoms with Crippen molar-refractivity contribution in [2.45, 2.75) is 24.6 Å². The molecule has 0 aliphatic heterocycles. The summed E-state index contributed by atoms with van der Waals surface area (Å²) in [6.07, 6.45) is 5.04. The van der Waals surface area contributed by atoms with Crippen LogP contribution in [0.3, 0.4) is 0 Å². The lowest BCUT2D eigenvalue weighted by Crippen LogP contribution is -1.98. The Labute approximate surface area is 142 Å². The van der Waals surface area contributed by atoms with Crippen molar-refractivity contribution in [2.24, 2.45) is 0 Å². The first-order valence-corrected chi connectivity index (χ1v) is 8.36. The highest BCUT2D eigenvalue weighted by Crippen LogP contribution is 2.28. The number of nitrogens with zero attached hydrogens (tertiary/aromatic N) is 6. The fraction of sp³-hybridized carbons (Fsp3) is 0.188. The van der Waals surface area contributed by atoms with E-state index in [2.05, 4.69) is 25.2 Å². The Morgan fingerprint density at radius 2 is 2.21 bits per heavy atom. The third-order valence-corrected chi connectivity index (χ3v) is 4.74. The first-order chi connectivity index (χ1) is 11.7. The normalized spacial score (nSPS) is 11.2. The lowest BCUT2D eigenvalue weighted by atomic mass is 10.2. The minimum absolute atomic E-state index is 0.567. The van der Waals surface area contributed by atoms with E-state index in [9.17, 15) is 0 Å². The molecule has 24 heavy (non-hydrogen) atoms. The van der Waals surface area contributed by atoms with E-state index < -0.39 is 0 Å². The van der Waals surface area contributed by atoms with Crippen molar-refractivity contribution in [3.05, 3.63) is 53.9 Å². The van der Waals surface area contributed by atoms with E-state index in [4.69, 9.17) is 4.52 Å². The largest absolute Gasteiger partial charge is 0.361 e. The van der Waals surface area contributed by atoms with Crippen LogP contribution in [0.15, 0.2) is 46.5 Å². The molecule has 0 saturated carbocycles. The van der Waals surface area contributed by atoms with Gasteiger partial charge in [-0.05, 0) is 32.0 Å². The first kappa shape index (κ1) is 14.8. The van der Waals surface area contributed by atoms with Crippen molar-refractivity contribution in [1.82, 2.24) is 29.7 Å². The highest BCUT2D eigenvalue weighted by Gasteiger charge is 2.13. The maximum Gasteiger partial charge on any atom is 0.253 e. The minimum Gasteiger partial charge on any atom is -0.361 e. The summed E-state index contributed by atoms with van der Waals surface area (Å²) in [5, 5.41) is 9.22. The Morgan fingerprint density at radius 3 is 2.96 bits per heavy atom. The van der Waals surface area contributed by atoms with Crippen LogP contribution in [0.1, 0.15) is 17.0 Å². The van der Waals surface area contributed by atoms with Crippen molar-refractivity contribution < 1.29 is 4.52 Å². The van der Waals surface area contributed by atoms with E-state index in [1.54, 1.807) is 28.7 Å². The van der Waals surface area contributed by atoms with Gasteiger partial charge in [-0.25, -0.2) is 4.98 Å². The number of thioether (sulfide) groups is 1. The zero-order valence-corrected chi connectivity index (χ0v) is 14.0. The summed E-state index contributed by atoms with van der Waals surface area (Å²) in [6.45, 7) is 3.87. The molecule has 0 atom stereocenters. The first-order valence-electron chi connectivity index (χ1n) is 7.38. The van der Waals surface area contributed by atoms with Crippen LogP contribution >= 0.6 is 11.8 Å². The smallest absolute Gasteiger partial charge is 0.253 e. The average Bonchev–Trinajstić information content (AvgIpc) is 3.20. The Morgan fingerprint density at radius 1 is 1.29 bits per heavy atom. The van der Waals surface area contributed by atoms with Gasteiger partial charge in [-0.2, -0.15) is 14.6 Å². The number of aryl methyl sites for hydroxylation is 2. The Balaban J connectivity index is 1.73. The predicted octanol–water partition coefficient (Wildman–Crippen LogP) is 3.08. The number of rotatable bonds is 4. The minimum atomic E-state index is 0.567. The van der Waals surface area contributed by atoms with Gasteiger partial charge in [0.2, 0.25) is 0 Å².